The van der Waals surface area contributed by atoms with E-state index in [0.29, 0.717) is 18.7 Å². The van der Waals surface area contributed by atoms with Gasteiger partial charge in [-0.15, -0.1) is 0 Å². The topological polar surface area (TPSA) is 58.6 Å². The lowest BCUT2D eigenvalue weighted by atomic mass is 10.1. The van der Waals surface area contributed by atoms with Crippen LogP contribution in [0.1, 0.15) is 43.9 Å². The van der Waals surface area contributed by atoms with Gasteiger partial charge in [0.1, 0.15) is 11.8 Å². The molecule has 0 aromatic heterocycles. The normalized spacial score (nSPS) is 12.7. The minimum absolute atomic E-state index is 0.0674. The molecule has 5 nitrogen and oxygen atoms in total. The summed E-state index contributed by atoms with van der Waals surface area (Å²) in [5, 5.41) is 2.98. The first kappa shape index (κ1) is 23.5. The fourth-order valence-corrected chi connectivity index (χ4v) is 3.07. The van der Waals surface area contributed by atoms with Gasteiger partial charge in [-0.3, -0.25) is 9.59 Å². The largest absolute Gasteiger partial charge is 0.484 e. The number of benzene rings is 2. The van der Waals surface area contributed by atoms with Crippen molar-refractivity contribution < 1.29 is 14.3 Å². The van der Waals surface area contributed by atoms with Crippen LogP contribution < -0.4 is 10.1 Å². The van der Waals surface area contributed by atoms with E-state index in [1.165, 1.54) is 5.56 Å². The standard InChI is InChI=1S/C25H34N2O3/c1-6-20(4)26-25(29)21(5)27(15-14-22-10-8-7-9-11-22)24(28)17-30-23-13-12-18(2)19(3)16-23/h7-13,16,20-21H,6,14-15,17H2,1-5H3,(H,26,29)/t20-,21+/m1/s1. The van der Waals surface area contributed by atoms with Crippen LogP contribution in [0.4, 0.5) is 0 Å². The number of carbonyl (C=O) groups excluding carboxylic acids is 2. The number of hydrogen-bond acceptors (Lipinski definition) is 3. The number of hydrogen-bond donors (Lipinski definition) is 1. The molecule has 162 valence electrons. The smallest absolute Gasteiger partial charge is 0.261 e. The summed E-state index contributed by atoms with van der Waals surface area (Å²) >= 11 is 0. The van der Waals surface area contributed by atoms with Crippen LogP contribution in [0.3, 0.4) is 0 Å². The van der Waals surface area contributed by atoms with Gasteiger partial charge in [-0.2, -0.15) is 0 Å². The molecule has 2 amide bonds. The Balaban J connectivity index is 2.08. The number of amides is 2. The molecule has 0 aliphatic carbocycles. The summed E-state index contributed by atoms with van der Waals surface area (Å²) in [6, 6.07) is 15.2. The van der Waals surface area contributed by atoms with Crippen molar-refractivity contribution >= 4 is 11.8 Å². The molecule has 2 rings (SSSR count). The zero-order valence-electron chi connectivity index (χ0n) is 18.8. The number of aryl methyl sites for hydroxylation is 2. The molecule has 0 radical (unpaired) electrons. The maximum atomic E-state index is 13.0. The summed E-state index contributed by atoms with van der Waals surface area (Å²) in [6.45, 7) is 10.2. The predicted molar refractivity (Wildman–Crippen MR) is 121 cm³/mol. The Kier molecular flexibility index (Phi) is 8.90. The SMILES string of the molecule is CC[C@@H](C)NC(=O)[C@H](C)N(CCc1ccccc1)C(=O)COc1ccc(C)c(C)c1. The molecule has 0 bridgehead atoms. The molecule has 0 unspecified atom stereocenters. The predicted octanol–water partition coefficient (Wildman–Crippen LogP) is 4.06. The van der Waals surface area contributed by atoms with Gasteiger partial charge in [0, 0.05) is 12.6 Å². The van der Waals surface area contributed by atoms with Crippen LogP contribution in [0.25, 0.3) is 0 Å². The van der Waals surface area contributed by atoms with E-state index >= 15 is 0 Å². The van der Waals surface area contributed by atoms with E-state index in [4.69, 9.17) is 4.74 Å². The third kappa shape index (κ3) is 6.90. The fraction of sp³-hybridized carbons (Fsp3) is 0.440. The van der Waals surface area contributed by atoms with Crippen LogP contribution in [0.2, 0.25) is 0 Å². The molecular formula is C25H34N2O3. The molecular weight excluding hydrogens is 376 g/mol. The third-order valence-corrected chi connectivity index (χ3v) is 5.49. The zero-order valence-corrected chi connectivity index (χ0v) is 18.8. The molecule has 0 aliphatic rings. The number of ether oxygens (including phenoxy) is 1. The average Bonchev–Trinajstić information content (AvgIpc) is 2.75. The van der Waals surface area contributed by atoms with Crippen molar-refractivity contribution in [1.29, 1.82) is 0 Å². The van der Waals surface area contributed by atoms with Gasteiger partial charge in [0.2, 0.25) is 5.91 Å². The number of rotatable bonds is 10. The molecule has 0 heterocycles. The van der Waals surface area contributed by atoms with E-state index in [9.17, 15) is 9.59 Å². The molecule has 1 N–H and O–H groups in total. The monoisotopic (exact) mass is 410 g/mol. The minimum Gasteiger partial charge on any atom is -0.484 e. The van der Waals surface area contributed by atoms with Gasteiger partial charge >= 0.3 is 0 Å². The summed E-state index contributed by atoms with van der Waals surface area (Å²) in [6.07, 6.45) is 1.52. The second kappa shape index (κ2) is 11.4. The molecule has 5 heteroatoms. The summed E-state index contributed by atoms with van der Waals surface area (Å²) in [4.78, 5) is 27.3. The first-order valence-electron chi connectivity index (χ1n) is 10.7. The van der Waals surface area contributed by atoms with Crippen LogP contribution in [0, 0.1) is 13.8 Å². The van der Waals surface area contributed by atoms with Crippen molar-refractivity contribution in [1.82, 2.24) is 10.2 Å². The first-order chi connectivity index (χ1) is 14.3. The second-order valence-corrected chi connectivity index (χ2v) is 7.85. The number of nitrogens with one attached hydrogen (secondary N) is 1. The highest BCUT2D eigenvalue weighted by molar-refractivity contribution is 5.88. The Bertz CT molecular complexity index is 836. The Morgan fingerprint density at radius 1 is 1.03 bits per heavy atom. The van der Waals surface area contributed by atoms with Crippen molar-refractivity contribution in [2.24, 2.45) is 0 Å². The van der Waals surface area contributed by atoms with Gasteiger partial charge in [-0.05, 0) is 69.4 Å². The van der Waals surface area contributed by atoms with E-state index in [1.54, 1.807) is 11.8 Å². The second-order valence-electron chi connectivity index (χ2n) is 7.85. The Labute approximate surface area is 180 Å². The van der Waals surface area contributed by atoms with Crippen molar-refractivity contribution in [3.05, 3.63) is 65.2 Å². The molecule has 2 aromatic rings. The molecule has 0 fully saturated rings. The molecule has 0 saturated carbocycles. The highest BCUT2D eigenvalue weighted by Crippen LogP contribution is 2.17. The van der Waals surface area contributed by atoms with Crippen molar-refractivity contribution in [2.45, 2.75) is 59.5 Å². The summed E-state index contributed by atoms with van der Waals surface area (Å²) < 4.78 is 5.75. The zero-order chi connectivity index (χ0) is 22.1. The van der Waals surface area contributed by atoms with Crippen LogP contribution in [0.5, 0.6) is 5.75 Å². The van der Waals surface area contributed by atoms with Crippen LogP contribution in [-0.4, -0.2) is 41.9 Å². The minimum atomic E-state index is -0.571. The third-order valence-electron chi connectivity index (χ3n) is 5.49. The van der Waals surface area contributed by atoms with Gasteiger partial charge in [-0.1, -0.05) is 43.3 Å². The Hall–Kier alpha value is -2.82. The highest BCUT2D eigenvalue weighted by Gasteiger charge is 2.26. The summed E-state index contributed by atoms with van der Waals surface area (Å²) in [5.41, 5.74) is 3.41. The quantitative estimate of drug-likeness (QED) is 0.643. The summed E-state index contributed by atoms with van der Waals surface area (Å²) in [7, 11) is 0. The average molecular weight is 411 g/mol. The number of carbonyl (C=O) groups is 2. The van der Waals surface area contributed by atoms with Gasteiger partial charge < -0.3 is 15.0 Å². The number of nitrogens with zero attached hydrogens (tertiary/aromatic N) is 1. The molecule has 2 aromatic carbocycles. The van der Waals surface area contributed by atoms with E-state index in [-0.39, 0.29) is 24.5 Å². The molecule has 0 saturated heterocycles. The van der Waals surface area contributed by atoms with E-state index < -0.39 is 6.04 Å². The summed E-state index contributed by atoms with van der Waals surface area (Å²) in [5.74, 6) is 0.319. The first-order valence-corrected chi connectivity index (χ1v) is 10.7. The van der Waals surface area contributed by atoms with Crippen molar-refractivity contribution in [3.8, 4) is 5.75 Å². The van der Waals surface area contributed by atoms with Crippen LogP contribution in [0.15, 0.2) is 48.5 Å². The van der Waals surface area contributed by atoms with Crippen LogP contribution >= 0.6 is 0 Å². The molecule has 2 atom stereocenters. The molecule has 30 heavy (non-hydrogen) atoms. The fourth-order valence-electron chi connectivity index (χ4n) is 3.07. The van der Waals surface area contributed by atoms with Gasteiger partial charge in [0.05, 0.1) is 0 Å². The van der Waals surface area contributed by atoms with Crippen LogP contribution in [-0.2, 0) is 16.0 Å². The lowest BCUT2D eigenvalue weighted by Gasteiger charge is -2.29. The maximum absolute atomic E-state index is 13.0. The maximum Gasteiger partial charge on any atom is 0.261 e. The highest BCUT2D eigenvalue weighted by atomic mass is 16.5. The molecule has 0 spiro atoms. The lowest BCUT2D eigenvalue weighted by Crippen LogP contribution is -2.51. The van der Waals surface area contributed by atoms with E-state index in [2.05, 4.69) is 5.32 Å². The molecule has 0 aliphatic heterocycles. The van der Waals surface area contributed by atoms with E-state index in [1.807, 2.05) is 76.2 Å². The lowest BCUT2D eigenvalue weighted by molar-refractivity contribution is -0.141. The van der Waals surface area contributed by atoms with Gasteiger partial charge in [0.15, 0.2) is 6.61 Å². The van der Waals surface area contributed by atoms with Crippen molar-refractivity contribution in [3.63, 3.8) is 0 Å². The van der Waals surface area contributed by atoms with Gasteiger partial charge in [0.25, 0.3) is 5.91 Å². The van der Waals surface area contributed by atoms with E-state index in [0.717, 1.165) is 17.5 Å². The van der Waals surface area contributed by atoms with Gasteiger partial charge in [-0.25, -0.2) is 0 Å². The Morgan fingerprint density at radius 2 is 1.73 bits per heavy atom. The Morgan fingerprint density at radius 3 is 2.37 bits per heavy atom. The van der Waals surface area contributed by atoms with Crippen molar-refractivity contribution in [2.75, 3.05) is 13.2 Å².